The molecule has 3 aromatic carbocycles. The first-order valence-electron chi connectivity index (χ1n) is 17.1. The Morgan fingerprint density at radius 1 is 0.979 bits per heavy atom. The van der Waals surface area contributed by atoms with Crippen molar-refractivity contribution in [1.29, 1.82) is 0 Å². The van der Waals surface area contributed by atoms with Crippen LogP contribution in [0.15, 0.2) is 71.7 Å². The molecule has 2 N–H and O–H groups in total. The van der Waals surface area contributed by atoms with Gasteiger partial charge in [-0.25, -0.2) is 4.39 Å². The Morgan fingerprint density at radius 3 is 2.48 bits per heavy atom. The lowest BCUT2D eigenvalue weighted by molar-refractivity contribution is -0.122. The average molecular weight is 653 g/mol. The lowest BCUT2D eigenvalue weighted by Gasteiger charge is -2.32. The molecule has 3 amide bonds. The minimum Gasteiger partial charge on any atom is -0.352 e. The number of nitrogens with zero attached hydrogens (tertiary/aromatic N) is 4. The molecule has 1 saturated heterocycles. The summed E-state index contributed by atoms with van der Waals surface area (Å²) in [7, 11) is 3.87. The number of carbonyl (C=O) groups is 3. The summed E-state index contributed by atoms with van der Waals surface area (Å²) in [5.74, 6) is -0.947. The van der Waals surface area contributed by atoms with Crippen molar-refractivity contribution in [2.24, 2.45) is 10.9 Å². The SMILES string of the molecule is CN1CCN(CC(=O)N(C)c2ccc(N=C(c3cccc(CNC(=O)CC4CCCCC4)c3)C3C(=O)Nc4cc(F)ccc43)cc2)CC1. The third-order valence-electron chi connectivity index (χ3n) is 9.85. The van der Waals surface area contributed by atoms with Crippen LogP contribution in [0, 0.1) is 11.7 Å². The molecule has 10 heteroatoms. The molecule has 1 atom stereocenters. The summed E-state index contributed by atoms with van der Waals surface area (Å²) in [6.45, 7) is 4.36. The van der Waals surface area contributed by atoms with Crippen LogP contribution in [0.5, 0.6) is 0 Å². The van der Waals surface area contributed by atoms with Gasteiger partial charge in [0.05, 0.1) is 17.9 Å². The van der Waals surface area contributed by atoms with Crippen LogP contribution >= 0.6 is 0 Å². The molecule has 6 rings (SSSR count). The number of nitrogens with one attached hydrogen (secondary N) is 2. The molecule has 0 spiro atoms. The molecule has 0 bridgehead atoms. The zero-order valence-electron chi connectivity index (χ0n) is 27.9. The monoisotopic (exact) mass is 652 g/mol. The molecule has 252 valence electrons. The molecule has 2 aliphatic heterocycles. The van der Waals surface area contributed by atoms with E-state index >= 15 is 0 Å². The summed E-state index contributed by atoms with van der Waals surface area (Å²) in [4.78, 5) is 50.3. The van der Waals surface area contributed by atoms with Crippen LogP contribution in [0.1, 0.15) is 61.1 Å². The van der Waals surface area contributed by atoms with Gasteiger partial charge in [-0.1, -0.05) is 43.5 Å². The van der Waals surface area contributed by atoms with Crippen molar-refractivity contribution in [2.45, 2.75) is 51.0 Å². The van der Waals surface area contributed by atoms with Crippen LogP contribution in [0.2, 0.25) is 0 Å². The van der Waals surface area contributed by atoms with Crippen LogP contribution in [0.3, 0.4) is 0 Å². The highest BCUT2D eigenvalue weighted by molar-refractivity contribution is 6.24. The minimum atomic E-state index is -0.760. The third-order valence-corrected chi connectivity index (χ3v) is 9.85. The van der Waals surface area contributed by atoms with Crippen LogP contribution in [-0.2, 0) is 20.9 Å². The fourth-order valence-electron chi connectivity index (χ4n) is 6.91. The quantitative estimate of drug-likeness (QED) is 0.283. The highest BCUT2D eigenvalue weighted by atomic mass is 19.1. The van der Waals surface area contributed by atoms with Crippen LogP contribution in [-0.4, -0.2) is 80.1 Å². The number of hydrogen-bond donors (Lipinski definition) is 2. The Hall–Kier alpha value is -4.41. The summed E-state index contributed by atoms with van der Waals surface area (Å²) in [5, 5.41) is 5.90. The van der Waals surface area contributed by atoms with E-state index in [1.165, 1.54) is 31.4 Å². The number of rotatable bonds is 10. The molecule has 3 aromatic rings. The first kappa shape index (κ1) is 33.5. The van der Waals surface area contributed by atoms with Gasteiger partial charge in [-0.2, -0.15) is 0 Å². The predicted octanol–water partition coefficient (Wildman–Crippen LogP) is 5.48. The maximum Gasteiger partial charge on any atom is 0.240 e. The normalized spacial score (nSPS) is 19.1. The maximum absolute atomic E-state index is 14.1. The Morgan fingerprint density at radius 2 is 1.73 bits per heavy atom. The van der Waals surface area contributed by atoms with Gasteiger partial charge in [-0.3, -0.25) is 24.3 Å². The second kappa shape index (κ2) is 15.2. The molecule has 0 aromatic heterocycles. The molecule has 3 aliphatic rings. The topological polar surface area (TPSA) is 97.3 Å². The molecular weight excluding hydrogens is 607 g/mol. The average Bonchev–Trinajstić information content (AvgIpc) is 3.42. The van der Waals surface area contributed by atoms with Gasteiger partial charge in [0, 0.05) is 57.6 Å². The number of carbonyl (C=O) groups excluding carboxylic acids is 3. The number of likely N-dealkylation sites (N-methyl/N-ethyl adjacent to an activating group) is 2. The number of fused-ring (bicyclic) bond motifs is 1. The fourth-order valence-corrected chi connectivity index (χ4v) is 6.91. The zero-order valence-corrected chi connectivity index (χ0v) is 27.9. The van der Waals surface area contributed by atoms with E-state index in [0.717, 1.165) is 55.8 Å². The molecule has 1 saturated carbocycles. The summed E-state index contributed by atoms with van der Waals surface area (Å²) in [5.41, 5.74) is 4.58. The number of piperazine rings is 1. The molecular formula is C38H45FN6O3. The van der Waals surface area contributed by atoms with E-state index < -0.39 is 11.7 Å². The third kappa shape index (κ3) is 8.17. The van der Waals surface area contributed by atoms with Gasteiger partial charge in [0.25, 0.3) is 0 Å². The molecule has 1 unspecified atom stereocenters. The summed E-state index contributed by atoms with van der Waals surface area (Å²) in [6.07, 6.45) is 6.42. The number of amides is 3. The predicted molar refractivity (Wildman–Crippen MR) is 187 cm³/mol. The van der Waals surface area contributed by atoms with Gasteiger partial charge in [-0.15, -0.1) is 0 Å². The Labute approximate surface area is 282 Å². The van der Waals surface area contributed by atoms with Gasteiger partial charge in [0.2, 0.25) is 17.7 Å². The van der Waals surface area contributed by atoms with Gasteiger partial charge in [-0.05, 0) is 85.0 Å². The largest absolute Gasteiger partial charge is 0.352 e. The van der Waals surface area contributed by atoms with Crippen molar-refractivity contribution in [3.8, 4) is 0 Å². The van der Waals surface area contributed by atoms with Crippen molar-refractivity contribution in [2.75, 3.05) is 57.0 Å². The Kier molecular flexibility index (Phi) is 10.6. The van der Waals surface area contributed by atoms with E-state index in [2.05, 4.69) is 27.5 Å². The summed E-state index contributed by atoms with van der Waals surface area (Å²) < 4.78 is 14.1. The van der Waals surface area contributed by atoms with Gasteiger partial charge < -0.3 is 20.4 Å². The van der Waals surface area contributed by atoms with E-state index in [-0.39, 0.29) is 17.7 Å². The van der Waals surface area contributed by atoms with Gasteiger partial charge in [0.1, 0.15) is 11.7 Å². The summed E-state index contributed by atoms with van der Waals surface area (Å²) >= 11 is 0. The van der Waals surface area contributed by atoms with Crippen molar-refractivity contribution < 1.29 is 18.8 Å². The molecule has 9 nitrogen and oxygen atoms in total. The highest BCUT2D eigenvalue weighted by Crippen LogP contribution is 2.37. The molecule has 2 fully saturated rings. The maximum atomic E-state index is 14.1. The smallest absolute Gasteiger partial charge is 0.240 e. The lowest BCUT2D eigenvalue weighted by Crippen LogP contribution is -2.48. The Bertz CT molecular complexity index is 1660. The lowest BCUT2D eigenvalue weighted by atomic mass is 9.87. The number of anilines is 2. The number of halogens is 1. The minimum absolute atomic E-state index is 0.0191. The standard InChI is InChI=1S/C38H45FN6O3/c1-43-17-19-45(20-18-43)25-35(47)44(2)31-14-12-30(13-15-31)41-37(36-32-16-11-29(39)23-33(32)42-38(36)48)28-10-6-9-27(21-28)24-40-34(46)22-26-7-4-3-5-8-26/h6,9-16,21,23,26,36H,3-5,7-8,17-20,22,24-25H2,1-2H3,(H,40,46)(H,42,48). The first-order chi connectivity index (χ1) is 23.2. The van der Waals surface area contributed by atoms with Crippen molar-refractivity contribution in [3.05, 3.63) is 89.2 Å². The van der Waals surface area contributed by atoms with Crippen LogP contribution in [0.4, 0.5) is 21.5 Å². The van der Waals surface area contributed by atoms with Crippen molar-refractivity contribution in [1.82, 2.24) is 15.1 Å². The number of benzene rings is 3. The van der Waals surface area contributed by atoms with E-state index in [1.54, 1.807) is 18.0 Å². The van der Waals surface area contributed by atoms with Crippen molar-refractivity contribution >= 4 is 40.5 Å². The zero-order chi connectivity index (χ0) is 33.6. The fraction of sp³-hybridized carbons (Fsp3) is 0.421. The molecule has 2 heterocycles. The number of hydrogen-bond acceptors (Lipinski definition) is 6. The van der Waals surface area contributed by atoms with Crippen molar-refractivity contribution in [3.63, 3.8) is 0 Å². The van der Waals surface area contributed by atoms with E-state index in [9.17, 15) is 18.8 Å². The molecule has 1 aliphatic carbocycles. The van der Waals surface area contributed by atoms with E-state index in [1.807, 2.05) is 48.5 Å². The van der Waals surface area contributed by atoms with Crippen LogP contribution < -0.4 is 15.5 Å². The van der Waals surface area contributed by atoms with Crippen LogP contribution in [0.25, 0.3) is 0 Å². The second-order valence-electron chi connectivity index (χ2n) is 13.4. The van der Waals surface area contributed by atoms with E-state index in [4.69, 9.17) is 4.99 Å². The summed E-state index contributed by atoms with van der Waals surface area (Å²) in [6, 6.07) is 19.4. The first-order valence-corrected chi connectivity index (χ1v) is 17.1. The highest BCUT2D eigenvalue weighted by Gasteiger charge is 2.36. The second-order valence-corrected chi connectivity index (χ2v) is 13.4. The number of aliphatic imine (C=N–C) groups is 1. The van der Waals surface area contributed by atoms with Gasteiger partial charge >= 0.3 is 0 Å². The van der Waals surface area contributed by atoms with E-state index in [0.29, 0.717) is 48.1 Å². The molecule has 0 radical (unpaired) electrons. The molecule has 48 heavy (non-hydrogen) atoms. The Balaban J connectivity index is 1.23. The van der Waals surface area contributed by atoms with Gasteiger partial charge in [0.15, 0.2) is 0 Å².